The zero-order chi connectivity index (χ0) is 17.9. The first-order valence-corrected chi connectivity index (χ1v) is 7.75. The lowest BCUT2D eigenvalue weighted by atomic mass is 9.78. The monoisotopic (exact) mass is 334 g/mol. The highest BCUT2D eigenvalue weighted by molar-refractivity contribution is 5.91. The summed E-state index contributed by atoms with van der Waals surface area (Å²) in [5, 5.41) is 33.7. The molecule has 0 heterocycles. The number of hydrogen-bond acceptors (Lipinski definition) is 6. The van der Waals surface area contributed by atoms with Gasteiger partial charge in [0.05, 0.1) is 17.6 Å². The molecule has 1 aliphatic carbocycles. The lowest BCUT2D eigenvalue weighted by molar-refractivity contribution is -0.384. The van der Waals surface area contributed by atoms with E-state index in [-0.39, 0.29) is 23.5 Å². The summed E-state index contributed by atoms with van der Waals surface area (Å²) < 4.78 is 0. The van der Waals surface area contributed by atoms with Crippen molar-refractivity contribution in [3.8, 4) is 0 Å². The van der Waals surface area contributed by atoms with Gasteiger partial charge in [0.1, 0.15) is 6.10 Å². The van der Waals surface area contributed by atoms with Crippen molar-refractivity contribution in [3.05, 3.63) is 51.7 Å². The van der Waals surface area contributed by atoms with E-state index >= 15 is 0 Å². The molecule has 0 aromatic heterocycles. The molecule has 1 aromatic rings. The van der Waals surface area contributed by atoms with Crippen molar-refractivity contribution in [2.75, 3.05) is 6.61 Å². The standard InChI is InChI=1S/C17H22N2O5/c1-17(2)8-12(7-14(21)9-17)18-15(10-20)16(22)11-3-5-13(6-4-11)19(23)24/h3-7,15-16,18,20,22H,8-10H2,1-2H3/t15-,16-/m1/s1. The second kappa shape index (κ2) is 7.11. The number of rotatable bonds is 6. The molecule has 0 fully saturated rings. The third-order valence-electron chi connectivity index (χ3n) is 4.05. The van der Waals surface area contributed by atoms with Crippen LogP contribution in [0, 0.1) is 15.5 Å². The Hall–Kier alpha value is -2.25. The Bertz CT molecular complexity index is 651. The molecule has 0 bridgehead atoms. The summed E-state index contributed by atoms with van der Waals surface area (Å²) >= 11 is 0. The molecular weight excluding hydrogens is 312 g/mol. The molecule has 7 heteroatoms. The summed E-state index contributed by atoms with van der Waals surface area (Å²) in [6.45, 7) is 3.63. The topological polar surface area (TPSA) is 113 Å². The first kappa shape index (κ1) is 18.1. The predicted octanol–water partition coefficient (Wildman–Crippen LogP) is 1.85. The number of benzene rings is 1. The number of aliphatic hydroxyl groups is 2. The van der Waals surface area contributed by atoms with Gasteiger partial charge in [0, 0.05) is 30.3 Å². The number of nitro benzene ring substituents is 1. The van der Waals surface area contributed by atoms with Gasteiger partial charge in [0.15, 0.2) is 5.78 Å². The number of aliphatic hydroxyl groups excluding tert-OH is 2. The lowest BCUT2D eigenvalue weighted by Crippen LogP contribution is -2.40. The van der Waals surface area contributed by atoms with E-state index in [1.54, 1.807) is 0 Å². The van der Waals surface area contributed by atoms with Gasteiger partial charge in [0.2, 0.25) is 0 Å². The van der Waals surface area contributed by atoms with Gasteiger partial charge in [-0.05, 0) is 29.5 Å². The van der Waals surface area contributed by atoms with Gasteiger partial charge in [-0.3, -0.25) is 14.9 Å². The van der Waals surface area contributed by atoms with Gasteiger partial charge in [-0.15, -0.1) is 0 Å². The molecule has 0 saturated carbocycles. The highest BCUT2D eigenvalue weighted by atomic mass is 16.6. The third-order valence-corrected chi connectivity index (χ3v) is 4.05. The molecule has 0 unspecified atom stereocenters. The maximum absolute atomic E-state index is 11.8. The Kier molecular flexibility index (Phi) is 5.36. The van der Waals surface area contributed by atoms with Crippen molar-refractivity contribution < 1.29 is 19.9 Å². The quantitative estimate of drug-likeness (QED) is 0.540. The normalized spacial score (nSPS) is 19.3. The van der Waals surface area contributed by atoms with Crippen LogP contribution in [0.2, 0.25) is 0 Å². The molecule has 1 aliphatic rings. The average Bonchev–Trinajstić information content (AvgIpc) is 2.50. The van der Waals surface area contributed by atoms with E-state index in [4.69, 9.17) is 0 Å². The van der Waals surface area contributed by atoms with Crippen molar-refractivity contribution in [2.24, 2.45) is 5.41 Å². The number of ketones is 1. The van der Waals surface area contributed by atoms with Crippen LogP contribution in [0.25, 0.3) is 0 Å². The van der Waals surface area contributed by atoms with Crippen LogP contribution in [0.5, 0.6) is 0 Å². The SMILES string of the molecule is CC1(C)CC(=O)C=C(N[C@H](CO)[C@H](O)c2ccc([N+](=O)[O-])cc2)C1. The molecular formula is C17H22N2O5. The summed E-state index contributed by atoms with van der Waals surface area (Å²) in [6, 6.07) is 4.81. The molecule has 2 atom stereocenters. The molecule has 0 spiro atoms. The zero-order valence-electron chi connectivity index (χ0n) is 13.7. The lowest BCUT2D eigenvalue weighted by Gasteiger charge is -2.32. The first-order chi connectivity index (χ1) is 11.2. The Morgan fingerprint density at radius 1 is 1.29 bits per heavy atom. The maximum atomic E-state index is 11.8. The number of carbonyl (C=O) groups is 1. The minimum Gasteiger partial charge on any atom is -0.394 e. The van der Waals surface area contributed by atoms with Gasteiger partial charge >= 0.3 is 0 Å². The van der Waals surface area contributed by atoms with Crippen molar-refractivity contribution in [1.82, 2.24) is 5.32 Å². The van der Waals surface area contributed by atoms with Gasteiger partial charge in [-0.1, -0.05) is 13.8 Å². The van der Waals surface area contributed by atoms with Crippen LogP contribution in [-0.4, -0.2) is 33.6 Å². The molecule has 2 rings (SSSR count). The first-order valence-electron chi connectivity index (χ1n) is 7.75. The second-order valence-corrected chi connectivity index (χ2v) is 6.88. The Labute approximate surface area is 140 Å². The van der Waals surface area contributed by atoms with E-state index in [9.17, 15) is 25.1 Å². The van der Waals surface area contributed by atoms with Gasteiger partial charge in [-0.2, -0.15) is 0 Å². The molecule has 0 saturated heterocycles. The summed E-state index contributed by atoms with van der Waals surface area (Å²) in [5.74, 6) is 0.00951. The van der Waals surface area contributed by atoms with Crippen LogP contribution in [0.15, 0.2) is 36.0 Å². The van der Waals surface area contributed by atoms with Gasteiger partial charge in [0.25, 0.3) is 5.69 Å². The molecule has 0 radical (unpaired) electrons. The maximum Gasteiger partial charge on any atom is 0.269 e. The second-order valence-electron chi connectivity index (χ2n) is 6.88. The van der Waals surface area contributed by atoms with E-state index in [1.807, 2.05) is 13.8 Å². The number of non-ortho nitro benzene ring substituents is 1. The molecule has 7 nitrogen and oxygen atoms in total. The molecule has 3 N–H and O–H groups in total. The molecule has 0 amide bonds. The van der Waals surface area contributed by atoms with Crippen molar-refractivity contribution in [3.63, 3.8) is 0 Å². The number of carbonyl (C=O) groups excluding carboxylic acids is 1. The van der Waals surface area contributed by atoms with E-state index in [2.05, 4.69) is 5.32 Å². The predicted molar refractivity (Wildman–Crippen MR) is 88.2 cm³/mol. The van der Waals surface area contributed by atoms with Gasteiger partial charge in [-0.25, -0.2) is 0 Å². The average molecular weight is 334 g/mol. The van der Waals surface area contributed by atoms with Crippen molar-refractivity contribution in [1.29, 1.82) is 0 Å². The Morgan fingerprint density at radius 2 is 1.92 bits per heavy atom. The molecule has 0 aliphatic heterocycles. The fourth-order valence-corrected chi connectivity index (χ4v) is 2.93. The fourth-order valence-electron chi connectivity index (χ4n) is 2.93. The summed E-state index contributed by atoms with van der Waals surface area (Å²) in [4.78, 5) is 22.0. The van der Waals surface area contributed by atoms with E-state index in [0.29, 0.717) is 24.1 Å². The highest BCUT2D eigenvalue weighted by Crippen LogP contribution is 2.33. The number of allylic oxidation sites excluding steroid dienone is 2. The number of nitrogens with zero attached hydrogens (tertiary/aromatic N) is 1. The number of hydrogen-bond donors (Lipinski definition) is 3. The smallest absolute Gasteiger partial charge is 0.269 e. The summed E-state index contributed by atoms with van der Waals surface area (Å²) in [5.41, 5.74) is 0.888. The van der Waals surface area contributed by atoms with E-state index in [1.165, 1.54) is 30.3 Å². The number of nitrogens with one attached hydrogen (secondary N) is 1. The Balaban J connectivity index is 2.13. The summed E-state index contributed by atoms with van der Waals surface area (Å²) in [7, 11) is 0. The summed E-state index contributed by atoms with van der Waals surface area (Å²) in [6.07, 6.45) is 1.56. The number of nitro groups is 1. The minimum atomic E-state index is -1.06. The van der Waals surface area contributed by atoms with Crippen LogP contribution >= 0.6 is 0 Å². The van der Waals surface area contributed by atoms with Crippen molar-refractivity contribution >= 4 is 11.5 Å². The van der Waals surface area contributed by atoms with E-state index < -0.39 is 17.1 Å². The van der Waals surface area contributed by atoms with Crippen molar-refractivity contribution in [2.45, 2.75) is 38.8 Å². The van der Waals surface area contributed by atoms with Crippen LogP contribution in [-0.2, 0) is 4.79 Å². The molecule has 24 heavy (non-hydrogen) atoms. The largest absolute Gasteiger partial charge is 0.394 e. The fraction of sp³-hybridized carbons (Fsp3) is 0.471. The minimum absolute atomic E-state index is 0.00951. The third kappa shape index (κ3) is 4.39. The zero-order valence-corrected chi connectivity index (χ0v) is 13.7. The Morgan fingerprint density at radius 3 is 2.42 bits per heavy atom. The van der Waals surface area contributed by atoms with Gasteiger partial charge < -0.3 is 15.5 Å². The highest BCUT2D eigenvalue weighted by Gasteiger charge is 2.30. The molecule has 130 valence electrons. The van der Waals surface area contributed by atoms with E-state index in [0.717, 1.165) is 0 Å². The van der Waals surface area contributed by atoms with Crippen LogP contribution < -0.4 is 5.32 Å². The van der Waals surface area contributed by atoms with Crippen LogP contribution in [0.1, 0.15) is 38.4 Å². The van der Waals surface area contributed by atoms with Crippen LogP contribution in [0.4, 0.5) is 5.69 Å². The molecule has 1 aromatic carbocycles. The van der Waals surface area contributed by atoms with Crippen LogP contribution in [0.3, 0.4) is 0 Å².